The smallest absolute Gasteiger partial charge is 0.0253 e. The highest BCUT2D eigenvalue weighted by atomic mass is 79.9. The van der Waals surface area contributed by atoms with Gasteiger partial charge in [0, 0.05) is 4.47 Å². The van der Waals surface area contributed by atoms with Crippen LogP contribution in [-0.4, -0.2) is 0 Å². The molecule has 1 radical (unpaired) electrons. The summed E-state index contributed by atoms with van der Waals surface area (Å²) in [6, 6.07) is 6.09. The summed E-state index contributed by atoms with van der Waals surface area (Å²) < 4.78 is 1.05. The quantitative estimate of drug-likeness (QED) is 0.647. The number of benzene rings is 1. The van der Waals surface area contributed by atoms with Crippen molar-refractivity contribution >= 4 is 15.9 Å². The van der Waals surface area contributed by atoms with Gasteiger partial charge in [-0.1, -0.05) is 40.2 Å². The minimum Gasteiger partial charge on any atom is -0.0905 e. The maximum Gasteiger partial charge on any atom is 0.0253 e. The van der Waals surface area contributed by atoms with Gasteiger partial charge in [0.1, 0.15) is 0 Å². The van der Waals surface area contributed by atoms with E-state index in [1.807, 2.05) is 25.1 Å². The van der Waals surface area contributed by atoms with Crippen LogP contribution in [0, 0.1) is 13.0 Å². The molecular weight excluding hydrogens is 188 g/mol. The molecule has 0 saturated heterocycles. The van der Waals surface area contributed by atoms with Gasteiger partial charge >= 0.3 is 0 Å². The third-order valence-corrected chi connectivity index (χ3v) is 2.00. The molecule has 0 unspecified atom stereocenters. The first kappa shape index (κ1) is 7.55. The van der Waals surface area contributed by atoms with Gasteiger partial charge in [0.25, 0.3) is 0 Å². The van der Waals surface area contributed by atoms with Crippen molar-refractivity contribution in [1.82, 2.24) is 0 Å². The fourth-order valence-electron chi connectivity index (χ4n) is 0.775. The standard InChI is InChI=1S/C9H8Br/c1-3-8-6-7(2)4-5-9(8)10/h4-6H,1H2,2H3. The fraction of sp³-hybridized carbons (Fsp3) is 0.111. The van der Waals surface area contributed by atoms with Crippen LogP contribution in [-0.2, 0) is 0 Å². The maximum absolute atomic E-state index is 3.58. The first-order chi connectivity index (χ1) is 4.74. The number of aryl methyl sites for hydroxylation is 1. The molecule has 0 saturated carbocycles. The van der Waals surface area contributed by atoms with Gasteiger partial charge in [0.15, 0.2) is 0 Å². The summed E-state index contributed by atoms with van der Waals surface area (Å²) in [6.07, 6.45) is 2.84. The Morgan fingerprint density at radius 3 is 2.70 bits per heavy atom. The molecule has 10 heavy (non-hydrogen) atoms. The van der Waals surface area contributed by atoms with Crippen molar-refractivity contribution < 1.29 is 0 Å². The monoisotopic (exact) mass is 195 g/mol. The zero-order valence-electron chi connectivity index (χ0n) is 5.82. The van der Waals surface area contributed by atoms with Crippen LogP contribution in [0.2, 0.25) is 0 Å². The summed E-state index contributed by atoms with van der Waals surface area (Å²) >= 11 is 3.39. The fourth-order valence-corrected chi connectivity index (χ4v) is 1.16. The molecule has 0 amide bonds. The molecule has 0 aliphatic rings. The highest BCUT2D eigenvalue weighted by Crippen LogP contribution is 2.17. The largest absolute Gasteiger partial charge is 0.0905 e. The van der Waals surface area contributed by atoms with Gasteiger partial charge in [-0.3, -0.25) is 0 Å². The van der Waals surface area contributed by atoms with Crippen LogP contribution in [0.4, 0.5) is 0 Å². The lowest BCUT2D eigenvalue weighted by Gasteiger charge is -1.97. The van der Waals surface area contributed by atoms with Crippen molar-refractivity contribution in [1.29, 1.82) is 0 Å². The zero-order valence-corrected chi connectivity index (χ0v) is 7.40. The Labute approximate surface area is 69.7 Å². The van der Waals surface area contributed by atoms with Crippen molar-refractivity contribution in [3.05, 3.63) is 46.5 Å². The average Bonchev–Trinajstić information content (AvgIpc) is 1.94. The molecule has 0 fully saturated rings. The third-order valence-electron chi connectivity index (χ3n) is 1.31. The van der Waals surface area contributed by atoms with Crippen molar-refractivity contribution in [2.24, 2.45) is 0 Å². The van der Waals surface area contributed by atoms with E-state index in [-0.39, 0.29) is 0 Å². The zero-order chi connectivity index (χ0) is 7.56. The van der Waals surface area contributed by atoms with Gasteiger partial charge in [-0.05, 0) is 24.6 Å². The lowest BCUT2D eigenvalue weighted by atomic mass is 10.1. The molecule has 1 heteroatoms. The van der Waals surface area contributed by atoms with Crippen molar-refractivity contribution in [3.8, 4) is 0 Å². The van der Waals surface area contributed by atoms with Gasteiger partial charge in [0.05, 0.1) is 0 Å². The number of halogens is 1. The van der Waals surface area contributed by atoms with Gasteiger partial charge in [0.2, 0.25) is 0 Å². The molecule has 1 aromatic rings. The molecule has 0 atom stereocenters. The van der Waals surface area contributed by atoms with Gasteiger partial charge in [-0.25, -0.2) is 0 Å². The molecule has 0 nitrogen and oxygen atoms in total. The SMILES string of the molecule is C=[C]c1cc(C)ccc1Br. The molecule has 0 aromatic heterocycles. The Morgan fingerprint density at radius 1 is 1.50 bits per heavy atom. The Kier molecular flexibility index (Phi) is 2.28. The first-order valence-electron chi connectivity index (χ1n) is 3.03. The molecule has 1 rings (SSSR count). The van der Waals surface area contributed by atoms with E-state index < -0.39 is 0 Å². The third kappa shape index (κ3) is 1.48. The normalized spacial score (nSPS) is 9.40. The molecular formula is C9H8Br. The molecule has 0 heterocycles. The highest BCUT2D eigenvalue weighted by molar-refractivity contribution is 9.10. The Bertz CT molecular complexity index is 251. The van der Waals surface area contributed by atoms with E-state index in [4.69, 9.17) is 0 Å². The second-order valence-corrected chi connectivity index (χ2v) is 3.01. The summed E-state index contributed by atoms with van der Waals surface area (Å²) in [5.74, 6) is 0. The summed E-state index contributed by atoms with van der Waals surface area (Å²) in [5, 5.41) is 0. The first-order valence-corrected chi connectivity index (χ1v) is 3.82. The molecule has 1 aromatic carbocycles. The van der Waals surface area contributed by atoms with Crippen LogP contribution < -0.4 is 0 Å². The molecule has 51 valence electrons. The van der Waals surface area contributed by atoms with Crippen LogP contribution in [0.5, 0.6) is 0 Å². The summed E-state index contributed by atoms with van der Waals surface area (Å²) in [6.45, 7) is 5.63. The second-order valence-electron chi connectivity index (χ2n) is 2.16. The number of hydrogen-bond donors (Lipinski definition) is 0. The molecule has 0 aliphatic heterocycles. The van der Waals surface area contributed by atoms with Gasteiger partial charge < -0.3 is 0 Å². The Hall–Kier alpha value is -0.560. The highest BCUT2D eigenvalue weighted by Gasteiger charge is 1.93. The lowest BCUT2D eigenvalue weighted by molar-refractivity contribution is 1.41. The number of rotatable bonds is 1. The Balaban J connectivity index is 3.21. The minimum atomic E-state index is 1.03. The van der Waals surface area contributed by atoms with E-state index in [0.717, 1.165) is 10.0 Å². The topological polar surface area (TPSA) is 0 Å². The average molecular weight is 196 g/mol. The van der Waals surface area contributed by atoms with E-state index in [0.29, 0.717) is 0 Å². The van der Waals surface area contributed by atoms with Gasteiger partial charge in [-0.15, -0.1) is 0 Å². The van der Waals surface area contributed by atoms with E-state index in [2.05, 4.69) is 28.6 Å². The van der Waals surface area contributed by atoms with Crippen LogP contribution in [0.25, 0.3) is 0 Å². The lowest BCUT2D eigenvalue weighted by Crippen LogP contribution is -1.78. The van der Waals surface area contributed by atoms with Gasteiger partial charge in [-0.2, -0.15) is 0 Å². The molecule has 0 aliphatic carbocycles. The second kappa shape index (κ2) is 3.02. The van der Waals surface area contributed by atoms with Crippen molar-refractivity contribution in [2.75, 3.05) is 0 Å². The maximum atomic E-state index is 3.58. The van der Waals surface area contributed by atoms with Crippen LogP contribution in [0.3, 0.4) is 0 Å². The van der Waals surface area contributed by atoms with Crippen LogP contribution in [0.1, 0.15) is 11.1 Å². The van der Waals surface area contributed by atoms with E-state index >= 15 is 0 Å². The minimum absolute atomic E-state index is 1.03. The van der Waals surface area contributed by atoms with Crippen molar-refractivity contribution in [2.45, 2.75) is 6.92 Å². The van der Waals surface area contributed by atoms with E-state index in [1.54, 1.807) is 0 Å². The summed E-state index contributed by atoms with van der Waals surface area (Å²) in [5.41, 5.74) is 2.26. The molecule has 0 bridgehead atoms. The predicted octanol–water partition coefficient (Wildman–Crippen LogP) is 3.09. The van der Waals surface area contributed by atoms with Crippen molar-refractivity contribution in [3.63, 3.8) is 0 Å². The molecule has 0 spiro atoms. The summed E-state index contributed by atoms with van der Waals surface area (Å²) in [7, 11) is 0. The summed E-state index contributed by atoms with van der Waals surface area (Å²) in [4.78, 5) is 0. The predicted molar refractivity (Wildman–Crippen MR) is 46.9 cm³/mol. The van der Waals surface area contributed by atoms with Crippen LogP contribution in [0.15, 0.2) is 29.3 Å². The van der Waals surface area contributed by atoms with E-state index in [9.17, 15) is 0 Å². The van der Waals surface area contributed by atoms with Crippen LogP contribution >= 0.6 is 15.9 Å². The van der Waals surface area contributed by atoms with E-state index in [1.165, 1.54) is 5.56 Å². The number of hydrogen-bond acceptors (Lipinski definition) is 0. The Morgan fingerprint density at radius 2 is 2.20 bits per heavy atom. The molecule has 0 N–H and O–H groups in total.